The van der Waals surface area contributed by atoms with Gasteiger partial charge in [0.2, 0.25) is 5.91 Å². The van der Waals surface area contributed by atoms with Crippen LogP contribution in [0, 0.1) is 13.8 Å². The van der Waals surface area contributed by atoms with Gasteiger partial charge >= 0.3 is 51.4 Å². The van der Waals surface area contributed by atoms with E-state index in [9.17, 15) is 18.0 Å². The van der Waals surface area contributed by atoms with Crippen LogP contribution in [-0.2, 0) is 33.4 Å². The van der Waals surface area contributed by atoms with Crippen molar-refractivity contribution in [2.75, 3.05) is 27.7 Å². The first-order valence-electron chi connectivity index (χ1n) is 12.5. The molecule has 0 bridgehead atoms. The fourth-order valence-electron chi connectivity index (χ4n) is 4.22. The molecule has 40 heavy (non-hydrogen) atoms. The van der Waals surface area contributed by atoms with Gasteiger partial charge in [-0.05, 0) is 57.4 Å². The third kappa shape index (κ3) is 7.59. The number of carbonyl (C=O) groups is 2. The Morgan fingerprint density at radius 1 is 1.18 bits per heavy atom. The van der Waals surface area contributed by atoms with Crippen molar-refractivity contribution < 1.29 is 78.5 Å². The normalized spacial score (nSPS) is 13.9. The van der Waals surface area contributed by atoms with Crippen LogP contribution in [0.1, 0.15) is 56.9 Å². The average Bonchev–Trinajstić information content (AvgIpc) is 3.47. The number of aromatic nitrogens is 2. The zero-order valence-electron chi connectivity index (χ0n) is 23.6. The van der Waals surface area contributed by atoms with Crippen molar-refractivity contribution in [3.63, 3.8) is 0 Å². The molecule has 14 heteroatoms. The molecule has 11 nitrogen and oxygen atoms in total. The van der Waals surface area contributed by atoms with Crippen molar-refractivity contribution in [2.45, 2.75) is 51.5 Å². The molecule has 3 heterocycles. The molecule has 1 aliphatic carbocycles. The summed E-state index contributed by atoms with van der Waals surface area (Å²) < 4.78 is 39.2. The molecule has 0 unspecified atom stereocenters. The number of rotatable bonds is 12. The second kappa shape index (κ2) is 13.5. The van der Waals surface area contributed by atoms with Crippen LogP contribution in [-0.4, -0.2) is 67.2 Å². The molecule has 0 radical (unpaired) electrons. The van der Waals surface area contributed by atoms with Crippen LogP contribution in [0.5, 0.6) is 5.75 Å². The van der Waals surface area contributed by atoms with Gasteiger partial charge in [0.1, 0.15) is 33.9 Å². The van der Waals surface area contributed by atoms with Crippen LogP contribution in [0.2, 0.25) is 0 Å². The van der Waals surface area contributed by atoms with E-state index in [0.717, 1.165) is 15.8 Å². The smallest absolute Gasteiger partial charge is 0.527 e. The number of ether oxygens (including phenoxy) is 1. The Morgan fingerprint density at radius 3 is 2.45 bits per heavy atom. The van der Waals surface area contributed by atoms with Crippen LogP contribution in [0.15, 0.2) is 34.9 Å². The first-order chi connectivity index (χ1) is 18.4. The van der Waals surface area contributed by atoms with Crippen molar-refractivity contribution in [3.8, 4) is 5.75 Å². The number of methoxy groups -OCH3 is 1. The van der Waals surface area contributed by atoms with Crippen LogP contribution < -0.4 is 56.1 Å². The van der Waals surface area contributed by atoms with E-state index in [1.54, 1.807) is 31.2 Å². The molecule has 1 fully saturated rings. The van der Waals surface area contributed by atoms with E-state index in [1.807, 2.05) is 25.1 Å². The average molecular weight is 614 g/mol. The van der Waals surface area contributed by atoms with Gasteiger partial charge in [-0.25, -0.2) is 17.7 Å². The van der Waals surface area contributed by atoms with Gasteiger partial charge in [-0.1, -0.05) is 0 Å². The quantitative estimate of drug-likeness (QED) is 0.273. The maximum atomic E-state index is 14.0. The van der Waals surface area contributed by atoms with E-state index in [-0.39, 0.29) is 69.5 Å². The predicted molar refractivity (Wildman–Crippen MR) is 146 cm³/mol. The van der Waals surface area contributed by atoms with Gasteiger partial charge in [-0.2, -0.15) is 0 Å². The molecule has 2 amide bonds. The number of thiazole rings is 1. The van der Waals surface area contributed by atoms with E-state index in [0.29, 0.717) is 53.6 Å². The van der Waals surface area contributed by atoms with Crippen LogP contribution in [0.3, 0.4) is 0 Å². The Hall–Kier alpha value is -1.65. The summed E-state index contributed by atoms with van der Waals surface area (Å²) in [5.74, 6) is 1.30. The number of hydrogen-bond acceptors (Lipinski definition) is 9. The van der Waals surface area contributed by atoms with Crippen LogP contribution in [0.4, 0.5) is 0 Å². The summed E-state index contributed by atoms with van der Waals surface area (Å²) in [6.45, 7) is 4.18. The third-order valence-electron chi connectivity index (χ3n) is 6.59. The minimum Gasteiger partial charge on any atom is -0.527 e. The van der Waals surface area contributed by atoms with Gasteiger partial charge in [-0.15, -0.1) is 11.3 Å². The molecule has 0 saturated heterocycles. The van der Waals surface area contributed by atoms with Gasteiger partial charge in [0.25, 0.3) is 0 Å². The number of aryl methyl sites for hydroxylation is 3. The number of pyridine rings is 1. The fraction of sp³-hybridized carbons (Fsp3) is 0.462. The topological polar surface area (TPSA) is 137 Å². The fourth-order valence-corrected chi connectivity index (χ4v) is 5.62. The summed E-state index contributed by atoms with van der Waals surface area (Å²) in [6, 6.07) is 7.46. The zero-order chi connectivity index (χ0) is 28.4. The summed E-state index contributed by atoms with van der Waals surface area (Å²) in [7, 11) is 0.0678. The van der Waals surface area contributed by atoms with Gasteiger partial charge < -0.3 is 23.6 Å². The van der Waals surface area contributed by atoms with E-state index >= 15 is 0 Å². The standard InChI is InChI=1S/C26H33N5O6S2.K/c1-17-8-9-19(37-17)7-6-14-31(25(33)26(12-13-26)21-11-10-20(36-5)15-27-21)16-22-28-23(18(2)38-22)24(32)29-39(34,35)30(3)4;/h8-11,15H,6-7,12-14,16H2,1-5H3,(H,29,32);/q;+1/p-1. The van der Waals surface area contributed by atoms with Gasteiger partial charge in [0.15, 0.2) is 10.2 Å². The maximum Gasteiger partial charge on any atom is 1.00 e. The third-order valence-corrected chi connectivity index (χ3v) is 8.86. The molecule has 210 valence electrons. The Balaban J connectivity index is 0.00000441. The zero-order valence-corrected chi connectivity index (χ0v) is 28.4. The molecule has 0 aliphatic heterocycles. The Labute approximate surface area is 281 Å². The second-order valence-corrected chi connectivity index (χ2v) is 12.8. The summed E-state index contributed by atoms with van der Waals surface area (Å²) >= 11 is 1.24. The minimum atomic E-state index is -4.09. The maximum absolute atomic E-state index is 14.0. The van der Waals surface area contributed by atoms with Crippen molar-refractivity contribution in [2.24, 2.45) is 0 Å². The molecule has 3 aromatic heterocycles. The molecule has 3 aromatic rings. The van der Waals surface area contributed by atoms with Gasteiger partial charge in [0.05, 0.1) is 31.0 Å². The van der Waals surface area contributed by atoms with Crippen molar-refractivity contribution in [3.05, 3.63) is 68.0 Å². The molecular weight excluding hydrogens is 582 g/mol. The summed E-state index contributed by atoms with van der Waals surface area (Å²) in [5, 5.41) is 0.522. The molecule has 4 rings (SSSR count). The molecule has 0 aromatic carbocycles. The van der Waals surface area contributed by atoms with E-state index < -0.39 is 21.5 Å². The molecule has 1 saturated carbocycles. The van der Waals surface area contributed by atoms with Crippen molar-refractivity contribution in [1.29, 1.82) is 0 Å². The summed E-state index contributed by atoms with van der Waals surface area (Å²) in [4.78, 5) is 37.7. The second-order valence-electron chi connectivity index (χ2n) is 9.68. The van der Waals surface area contributed by atoms with Gasteiger partial charge in [-0.3, -0.25) is 9.78 Å². The first kappa shape index (κ1) is 32.9. The number of furan rings is 1. The van der Waals surface area contributed by atoms with Gasteiger partial charge in [0, 0.05) is 31.9 Å². The predicted octanol–water partition coefficient (Wildman–Crippen LogP) is 0.774. The summed E-state index contributed by atoms with van der Waals surface area (Å²) in [6.07, 6.45) is 4.30. The SMILES string of the molecule is COc1ccc(C2(C(=O)N(CCCc3ccc(C)o3)Cc3nc(C(=O)[N-]S(=O)(=O)N(C)C)c(C)s3)CC2)nc1.[K+]. The molecule has 1 aliphatic rings. The van der Waals surface area contributed by atoms with E-state index in [4.69, 9.17) is 9.15 Å². The molecule has 0 N–H and O–H groups in total. The summed E-state index contributed by atoms with van der Waals surface area (Å²) in [5.41, 5.74) is -0.0520. The number of hydrogen-bond donors (Lipinski definition) is 0. The largest absolute Gasteiger partial charge is 1.00 e. The minimum absolute atomic E-state index is 0. The monoisotopic (exact) mass is 613 g/mol. The number of nitrogens with zero attached hydrogens (tertiary/aromatic N) is 5. The first-order valence-corrected chi connectivity index (χ1v) is 14.7. The van der Waals surface area contributed by atoms with E-state index in [1.165, 1.54) is 25.4 Å². The molecule has 0 spiro atoms. The van der Waals surface area contributed by atoms with Crippen LogP contribution >= 0.6 is 11.3 Å². The van der Waals surface area contributed by atoms with Crippen molar-refractivity contribution >= 4 is 33.4 Å². The molecule has 0 atom stereocenters. The Kier molecular flexibility index (Phi) is 11.1. The van der Waals surface area contributed by atoms with E-state index in [2.05, 4.69) is 14.7 Å². The Morgan fingerprint density at radius 2 is 1.90 bits per heavy atom. The van der Waals surface area contributed by atoms with Crippen molar-refractivity contribution in [1.82, 2.24) is 19.2 Å². The molecular formula is C26H32KN5O6S2. The Bertz CT molecular complexity index is 1450. The number of amides is 2. The van der Waals surface area contributed by atoms with Crippen LogP contribution in [0.25, 0.3) is 4.72 Å². The number of carbonyl (C=O) groups excluding carboxylic acids is 2.